The van der Waals surface area contributed by atoms with Gasteiger partial charge in [-0.3, -0.25) is 9.59 Å². The van der Waals surface area contributed by atoms with Crippen molar-refractivity contribution in [2.45, 2.75) is 0 Å². The third-order valence-corrected chi connectivity index (χ3v) is 4.32. The van der Waals surface area contributed by atoms with Crippen LogP contribution < -0.4 is 9.48 Å². The van der Waals surface area contributed by atoms with Gasteiger partial charge in [0.1, 0.15) is 10.6 Å². The summed E-state index contributed by atoms with van der Waals surface area (Å²) in [6, 6.07) is 12.9. The molecular weight excluding hydrogens is 336 g/mol. The SMILES string of the molecule is O=Cc1cc(Cl)ccc1OC(=O)c1cc2ccccc2c(=O)s1. The van der Waals surface area contributed by atoms with E-state index in [9.17, 15) is 14.4 Å². The lowest BCUT2D eigenvalue weighted by Crippen LogP contribution is -2.11. The molecule has 4 nitrogen and oxygen atoms in total. The van der Waals surface area contributed by atoms with E-state index in [1.54, 1.807) is 30.3 Å². The lowest BCUT2D eigenvalue weighted by Gasteiger charge is -2.07. The van der Waals surface area contributed by atoms with Crippen molar-refractivity contribution < 1.29 is 14.3 Å². The minimum atomic E-state index is -0.691. The first kappa shape index (κ1) is 15.4. The molecule has 6 heteroatoms. The van der Waals surface area contributed by atoms with Gasteiger partial charge in [0, 0.05) is 10.4 Å². The molecule has 0 fully saturated rings. The van der Waals surface area contributed by atoms with E-state index < -0.39 is 5.97 Å². The Morgan fingerprint density at radius 3 is 2.70 bits per heavy atom. The van der Waals surface area contributed by atoms with Gasteiger partial charge in [-0.25, -0.2) is 4.79 Å². The Labute approximate surface area is 139 Å². The molecular formula is C17H9ClO4S. The van der Waals surface area contributed by atoms with Gasteiger partial charge in [0.15, 0.2) is 6.29 Å². The maximum atomic E-state index is 12.3. The van der Waals surface area contributed by atoms with E-state index in [0.29, 0.717) is 22.1 Å². The quantitative estimate of drug-likeness (QED) is 0.410. The zero-order chi connectivity index (χ0) is 16.4. The first-order valence-electron chi connectivity index (χ1n) is 6.58. The molecule has 0 unspecified atom stereocenters. The number of ether oxygens (including phenoxy) is 1. The third kappa shape index (κ3) is 3.16. The summed E-state index contributed by atoms with van der Waals surface area (Å²) in [5, 5.41) is 1.58. The Balaban J connectivity index is 1.98. The Morgan fingerprint density at radius 1 is 1.13 bits per heavy atom. The van der Waals surface area contributed by atoms with Gasteiger partial charge < -0.3 is 4.74 Å². The highest BCUT2D eigenvalue weighted by molar-refractivity contribution is 7.11. The summed E-state index contributed by atoms with van der Waals surface area (Å²) in [6.45, 7) is 0. The molecule has 1 heterocycles. The Hall–Kier alpha value is -2.50. The summed E-state index contributed by atoms with van der Waals surface area (Å²) in [7, 11) is 0. The zero-order valence-corrected chi connectivity index (χ0v) is 13.2. The van der Waals surface area contributed by atoms with Crippen molar-refractivity contribution in [3.8, 4) is 5.75 Å². The highest BCUT2D eigenvalue weighted by Crippen LogP contribution is 2.23. The van der Waals surface area contributed by atoms with E-state index in [0.717, 1.165) is 11.3 Å². The second-order valence-corrected chi connectivity index (χ2v) is 6.13. The number of benzene rings is 2. The lowest BCUT2D eigenvalue weighted by atomic mass is 10.2. The molecule has 0 atom stereocenters. The van der Waals surface area contributed by atoms with Gasteiger partial charge in [0.2, 0.25) is 4.74 Å². The number of esters is 1. The number of hydrogen-bond donors (Lipinski definition) is 0. The van der Waals surface area contributed by atoms with E-state index in [2.05, 4.69) is 0 Å². The monoisotopic (exact) mass is 344 g/mol. The number of hydrogen-bond acceptors (Lipinski definition) is 5. The van der Waals surface area contributed by atoms with Gasteiger partial charge in [-0.1, -0.05) is 41.1 Å². The topological polar surface area (TPSA) is 60.4 Å². The summed E-state index contributed by atoms with van der Waals surface area (Å²) in [5.41, 5.74) is 0.166. The van der Waals surface area contributed by atoms with Gasteiger partial charge in [-0.15, -0.1) is 0 Å². The number of fused-ring (bicyclic) bond motifs is 1. The van der Waals surface area contributed by atoms with Crippen LogP contribution in [0.15, 0.2) is 53.3 Å². The maximum absolute atomic E-state index is 12.3. The molecule has 3 rings (SSSR count). The largest absolute Gasteiger partial charge is 0.422 e. The molecule has 0 aliphatic carbocycles. The molecule has 2 aromatic carbocycles. The lowest BCUT2D eigenvalue weighted by molar-refractivity contribution is 0.0738. The van der Waals surface area contributed by atoms with Crippen LogP contribution in [0.3, 0.4) is 0 Å². The summed E-state index contributed by atoms with van der Waals surface area (Å²) < 4.78 is 5.00. The molecule has 0 saturated heterocycles. The fourth-order valence-electron chi connectivity index (χ4n) is 2.09. The van der Waals surface area contributed by atoms with Crippen molar-refractivity contribution in [3.05, 3.63) is 73.5 Å². The van der Waals surface area contributed by atoms with Crippen molar-refractivity contribution in [1.82, 2.24) is 0 Å². The summed E-state index contributed by atoms with van der Waals surface area (Å²) >= 11 is 6.60. The average molecular weight is 345 g/mol. The molecule has 0 aliphatic rings. The molecule has 0 amide bonds. The molecule has 0 spiro atoms. The standard InChI is InChI=1S/C17H9ClO4S/c18-12-5-6-14(11(7-12)9-19)22-16(20)15-8-10-3-1-2-4-13(10)17(21)23-15/h1-9H. The zero-order valence-electron chi connectivity index (χ0n) is 11.6. The molecule has 0 bridgehead atoms. The third-order valence-electron chi connectivity index (χ3n) is 3.17. The Kier molecular flexibility index (Phi) is 4.23. The second kappa shape index (κ2) is 6.32. The van der Waals surface area contributed by atoms with Crippen molar-refractivity contribution in [1.29, 1.82) is 0 Å². The van der Waals surface area contributed by atoms with Gasteiger partial charge in [-0.05, 0) is 35.7 Å². The fraction of sp³-hybridized carbons (Fsp3) is 0. The van der Waals surface area contributed by atoms with Crippen molar-refractivity contribution in [2.75, 3.05) is 0 Å². The van der Waals surface area contributed by atoms with Crippen molar-refractivity contribution in [2.24, 2.45) is 0 Å². The first-order valence-corrected chi connectivity index (χ1v) is 7.78. The van der Waals surface area contributed by atoms with Crippen LogP contribution in [0.2, 0.25) is 5.02 Å². The molecule has 1 aromatic heterocycles. The van der Waals surface area contributed by atoms with Gasteiger partial charge in [0.05, 0.1) is 5.56 Å². The first-order chi connectivity index (χ1) is 11.1. The summed E-state index contributed by atoms with van der Waals surface area (Å²) in [4.78, 5) is 35.5. The highest BCUT2D eigenvalue weighted by Gasteiger charge is 2.15. The molecule has 0 saturated carbocycles. The van der Waals surface area contributed by atoms with Crippen molar-refractivity contribution >= 4 is 46.0 Å². The van der Waals surface area contributed by atoms with Crippen LogP contribution in [0, 0.1) is 0 Å². The number of rotatable bonds is 3. The minimum absolute atomic E-state index is 0.0993. The van der Waals surface area contributed by atoms with E-state index in [-0.39, 0.29) is 20.9 Å². The smallest absolute Gasteiger partial charge is 0.353 e. The summed E-state index contributed by atoms with van der Waals surface area (Å²) in [6.07, 6.45) is 0.553. The van der Waals surface area contributed by atoms with Crippen LogP contribution in [-0.4, -0.2) is 12.3 Å². The van der Waals surface area contributed by atoms with Crippen LogP contribution in [0.1, 0.15) is 20.0 Å². The van der Waals surface area contributed by atoms with Crippen LogP contribution in [-0.2, 0) is 0 Å². The minimum Gasteiger partial charge on any atom is -0.422 e. The normalized spacial score (nSPS) is 10.5. The van der Waals surface area contributed by atoms with E-state index in [1.165, 1.54) is 18.2 Å². The van der Waals surface area contributed by atoms with Gasteiger partial charge in [-0.2, -0.15) is 0 Å². The Morgan fingerprint density at radius 2 is 1.91 bits per heavy atom. The van der Waals surface area contributed by atoms with Gasteiger partial charge >= 0.3 is 5.97 Å². The molecule has 3 aromatic rings. The van der Waals surface area contributed by atoms with Crippen LogP contribution in [0.25, 0.3) is 10.8 Å². The van der Waals surface area contributed by atoms with Gasteiger partial charge in [0.25, 0.3) is 0 Å². The van der Waals surface area contributed by atoms with E-state index in [1.807, 2.05) is 0 Å². The highest BCUT2D eigenvalue weighted by atomic mass is 35.5. The molecule has 0 N–H and O–H groups in total. The van der Waals surface area contributed by atoms with Crippen LogP contribution in [0.5, 0.6) is 5.75 Å². The predicted molar refractivity (Wildman–Crippen MR) is 89.9 cm³/mol. The maximum Gasteiger partial charge on any atom is 0.353 e. The predicted octanol–water partition coefficient (Wildman–Crippen LogP) is 3.95. The van der Waals surface area contributed by atoms with E-state index >= 15 is 0 Å². The number of aldehydes is 1. The number of carbonyl (C=O) groups is 2. The Bertz CT molecular complexity index is 978. The molecule has 0 radical (unpaired) electrons. The average Bonchev–Trinajstić information content (AvgIpc) is 2.56. The number of carbonyl (C=O) groups excluding carboxylic acids is 2. The van der Waals surface area contributed by atoms with E-state index in [4.69, 9.17) is 16.3 Å². The second-order valence-electron chi connectivity index (χ2n) is 4.67. The summed E-state index contributed by atoms with van der Waals surface area (Å²) in [5.74, 6) is -0.592. The fourth-order valence-corrected chi connectivity index (χ4v) is 3.08. The number of halogens is 1. The van der Waals surface area contributed by atoms with Crippen LogP contribution in [0.4, 0.5) is 0 Å². The molecule has 114 valence electrons. The van der Waals surface area contributed by atoms with Crippen molar-refractivity contribution in [3.63, 3.8) is 0 Å². The molecule has 0 aliphatic heterocycles. The molecule has 23 heavy (non-hydrogen) atoms. The van der Waals surface area contributed by atoms with Crippen LogP contribution >= 0.6 is 22.9 Å².